The number of aryl methyl sites for hydroxylation is 1. The number of nitrogens with zero attached hydrogens (tertiary/aromatic N) is 3. The van der Waals surface area contributed by atoms with Crippen molar-refractivity contribution in [2.24, 2.45) is 0 Å². The van der Waals surface area contributed by atoms with E-state index in [2.05, 4.69) is 4.98 Å². The zero-order valence-corrected chi connectivity index (χ0v) is 20.9. The van der Waals surface area contributed by atoms with E-state index in [4.69, 9.17) is 25.8 Å². The number of ether oxygens (including phenoxy) is 3. The smallest absolute Gasteiger partial charge is 0.295 e. The number of carbonyl (C=O) groups is 2. The third-order valence-corrected chi connectivity index (χ3v) is 6.36. The summed E-state index contributed by atoms with van der Waals surface area (Å²) in [5.74, 6) is -0.630. The number of carbonyl (C=O) groups excluding carboxylic acids is 2. The SMILES string of the molecule is COc1ccc(C(O)=C2C(=O)C(=O)N(CCCn3ccnc3)[C@H]2c2cccc(OC)c2OC)cc1Cl. The van der Waals surface area contributed by atoms with Gasteiger partial charge in [-0.3, -0.25) is 9.59 Å². The van der Waals surface area contributed by atoms with E-state index in [1.165, 1.54) is 32.3 Å². The maximum Gasteiger partial charge on any atom is 0.295 e. The Morgan fingerprint density at radius 2 is 1.83 bits per heavy atom. The normalized spacial score (nSPS) is 16.9. The zero-order chi connectivity index (χ0) is 25.8. The van der Waals surface area contributed by atoms with Gasteiger partial charge in [-0.1, -0.05) is 23.7 Å². The molecule has 4 rings (SSSR count). The van der Waals surface area contributed by atoms with Gasteiger partial charge in [0.25, 0.3) is 11.7 Å². The Morgan fingerprint density at radius 1 is 1.06 bits per heavy atom. The Balaban J connectivity index is 1.83. The van der Waals surface area contributed by atoms with Crippen molar-refractivity contribution in [2.45, 2.75) is 19.0 Å². The lowest BCUT2D eigenvalue weighted by atomic mass is 9.94. The van der Waals surface area contributed by atoms with Gasteiger partial charge >= 0.3 is 0 Å². The van der Waals surface area contributed by atoms with E-state index < -0.39 is 17.7 Å². The quantitative estimate of drug-likeness (QED) is 0.262. The number of para-hydroxylation sites is 1. The summed E-state index contributed by atoms with van der Waals surface area (Å²) in [6.45, 7) is 0.854. The van der Waals surface area contributed by atoms with E-state index in [0.717, 1.165) is 0 Å². The number of methoxy groups -OCH3 is 3. The first-order valence-corrected chi connectivity index (χ1v) is 11.6. The van der Waals surface area contributed by atoms with Crippen molar-refractivity contribution < 1.29 is 28.9 Å². The summed E-state index contributed by atoms with van der Waals surface area (Å²) in [5, 5.41) is 11.6. The number of ketones is 1. The molecule has 0 radical (unpaired) electrons. The van der Waals surface area contributed by atoms with Crippen molar-refractivity contribution in [2.75, 3.05) is 27.9 Å². The predicted octanol–water partition coefficient (Wildman–Crippen LogP) is 4.07. The van der Waals surface area contributed by atoms with Crippen LogP contribution >= 0.6 is 11.6 Å². The summed E-state index contributed by atoms with van der Waals surface area (Å²) in [6, 6.07) is 8.95. The Hall–Kier alpha value is -3.98. The van der Waals surface area contributed by atoms with Gasteiger partial charge in [0, 0.05) is 36.6 Å². The number of amides is 1. The molecule has 1 amide bonds. The molecule has 0 bridgehead atoms. The lowest BCUT2D eigenvalue weighted by molar-refractivity contribution is -0.140. The van der Waals surface area contributed by atoms with Crippen LogP contribution in [0.15, 0.2) is 60.7 Å². The van der Waals surface area contributed by atoms with Gasteiger partial charge < -0.3 is 28.8 Å². The number of aliphatic hydroxyl groups is 1. The molecule has 0 spiro atoms. The molecule has 1 fully saturated rings. The third kappa shape index (κ3) is 4.61. The predicted molar refractivity (Wildman–Crippen MR) is 133 cm³/mol. The molecule has 1 atom stereocenters. The molecule has 1 saturated heterocycles. The highest BCUT2D eigenvalue weighted by molar-refractivity contribution is 6.46. The third-order valence-electron chi connectivity index (χ3n) is 6.07. The average molecular weight is 512 g/mol. The van der Waals surface area contributed by atoms with Gasteiger partial charge in [0.15, 0.2) is 11.5 Å². The van der Waals surface area contributed by atoms with Crippen LogP contribution in [0.3, 0.4) is 0 Å². The van der Waals surface area contributed by atoms with E-state index in [1.54, 1.807) is 42.9 Å². The van der Waals surface area contributed by atoms with Crippen LogP contribution in [0.25, 0.3) is 5.76 Å². The van der Waals surface area contributed by atoms with Crippen LogP contribution < -0.4 is 14.2 Å². The Bertz CT molecular complexity index is 1310. The molecule has 2 aromatic carbocycles. The van der Waals surface area contributed by atoms with Gasteiger partial charge in [-0.05, 0) is 30.7 Å². The van der Waals surface area contributed by atoms with E-state index in [0.29, 0.717) is 35.8 Å². The van der Waals surface area contributed by atoms with Crippen molar-refractivity contribution in [1.29, 1.82) is 0 Å². The van der Waals surface area contributed by atoms with Crippen LogP contribution in [0.4, 0.5) is 0 Å². The van der Waals surface area contributed by atoms with Crippen LogP contribution in [0.2, 0.25) is 5.02 Å². The molecular weight excluding hydrogens is 486 g/mol. The van der Waals surface area contributed by atoms with Crippen LogP contribution in [0.5, 0.6) is 17.2 Å². The molecule has 0 unspecified atom stereocenters. The molecule has 10 heteroatoms. The number of aromatic nitrogens is 2. The maximum absolute atomic E-state index is 13.3. The number of Topliss-reactive ketones (excluding diaryl/α,β-unsaturated/α-hetero) is 1. The van der Waals surface area contributed by atoms with Gasteiger partial charge in [-0.15, -0.1) is 0 Å². The highest BCUT2D eigenvalue weighted by Gasteiger charge is 2.47. The Labute approximate surface area is 213 Å². The highest BCUT2D eigenvalue weighted by Crippen LogP contribution is 2.45. The first-order valence-electron chi connectivity index (χ1n) is 11.2. The first-order chi connectivity index (χ1) is 17.4. The van der Waals surface area contributed by atoms with E-state index in [9.17, 15) is 14.7 Å². The van der Waals surface area contributed by atoms with Gasteiger partial charge in [-0.25, -0.2) is 4.98 Å². The molecule has 0 saturated carbocycles. The van der Waals surface area contributed by atoms with Gasteiger partial charge in [-0.2, -0.15) is 0 Å². The zero-order valence-electron chi connectivity index (χ0n) is 20.1. The maximum atomic E-state index is 13.3. The van der Waals surface area contributed by atoms with E-state index >= 15 is 0 Å². The number of likely N-dealkylation sites (tertiary alicyclic amines) is 1. The molecule has 3 aromatic rings. The summed E-state index contributed by atoms with van der Waals surface area (Å²) < 4.78 is 18.1. The molecule has 9 nitrogen and oxygen atoms in total. The van der Waals surface area contributed by atoms with Crippen molar-refractivity contribution in [1.82, 2.24) is 14.5 Å². The molecule has 36 heavy (non-hydrogen) atoms. The summed E-state index contributed by atoms with van der Waals surface area (Å²) in [5.41, 5.74) is 0.735. The Kier molecular flexibility index (Phi) is 7.49. The Morgan fingerprint density at radius 3 is 2.47 bits per heavy atom. The second kappa shape index (κ2) is 10.7. The lowest BCUT2D eigenvalue weighted by Gasteiger charge is -2.27. The summed E-state index contributed by atoms with van der Waals surface area (Å²) in [7, 11) is 4.46. The van der Waals surface area contributed by atoms with Crippen molar-refractivity contribution in [3.8, 4) is 17.2 Å². The van der Waals surface area contributed by atoms with E-state index in [-0.39, 0.29) is 28.5 Å². The van der Waals surface area contributed by atoms with E-state index in [1.807, 2.05) is 10.8 Å². The number of halogens is 1. The molecule has 0 aliphatic carbocycles. The summed E-state index contributed by atoms with van der Waals surface area (Å²) >= 11 is 6.27. The molecule has 1 aliphatic heterocycles. The fourth-order valence-corrected chi connectivity index (χ4v) is 4.63. The average Bonchev–Trinajstić information content (AvgIpc) is 3.50. The van der Waals surface area contributed by atoms with Gasteiger partial charge in [0.05, 0.1) is 44.3 Å². The minimum atomic E-state index is -0.904. The monoisotopic (exact) mass is 511 g/mol. The van der Waals surface area contributed by atoms with Gasteiger partial charge in [0.1, 0.15) is 11.5 Å². The molecule has 1 aliphatic rings. The molecule has 1 aromatic heterocycles. The number of aliphatic hydroxyl groups excluding tert-OH is 1. The standard InChI is InChI=1S/C26H26ClN3O6/c1-34-19-9-8-16(14-18(19)27)23(31)21-22(17-6-4-7-20(35-2)25(17)36-3)30(26(33)24(21)32)12-5-11-29-13-10-28-15-29/h4,6-10,13-15,22,31H,5,11-12H2,1-3H3/t22-/m0/s1. The number of hydrogen-bond donors (Lipinski definition) is 1. The van der Waals surface area contributed by atoms with Crippen LogP contribution in [0.1, 0.15) is 23.6 Å². The van der Waals surface area contributed by atoms with Crippen molar-refractivity contribution >= 4 is 29.1 Å². The van der Waals surface area contributed by atoms with Gasteiger partial charge in [0.2, 0.25) is 0 Å². The minimum Gasteiger partial charge on any atom is -0.507 e. The topological polar surface area (TPSA) is 103 Å². The molecule has 2 heterocycles. The molecular formula is C26H26ClN3O6. The second-order valence-corrected chi connectivity index (χ2v) is 8.49. The number of hydrogen-bond acceptors (Lipinski definition) is 7. The van der Waals surface area contributed by atoms with Crippen molar-refractivity contribution in [3.63, 3.8) is 0 Å². The second-order valence-electron chi connectivity index (χ2n) is 8.08. The van der Waals surface area contributed by atoms with Crippen LogP contribution in [0, 0.1) is 0 Å². The fourth-order valence-electron chi connectivity index (χ4n) is 4.37. The lowest BCUT2D eigenvalue weighted by Crippen LogP contribution is -2.31. The minimum absolute atomic E-state index is 0.0598. The largest absolute Gasteiger partial charge is 0.507 e. The van der Waals surface area contributed by atoms with Crippen molar-refractivity contribution in [3.05, 3.63) is 76.8 Å². The van der Waals surface area contributed by atoms with Crippen LogP contribution in [-0.4, -0.2) is 59.1 Å². The fraction of sp³-hybridized carbons (Fsp3) is 0.269. The van der Waals surface area contributed by atoms with Crippen LogP contribution in [-0.2, 0) is 16.1 Å². The number of rotatable bonds is 9. The number of benzene rings is 2. The highest BCUT2D eigenvalue weighted by atomic mass is 35.5. The molecule has 188 valence electrons. The summed E-state index contributed by atoms with van der Waals surface area (Å²) in [4.78, 5) is 32.0. The summed E-state index contributed by atoms with van der Waals surface area (Å²) in [6.07, 6.45) is 5.74. The number of imidazole rings is 1. The molecule has 1 N–H and O–H groups in total. The first kappa shape index (κ1) is 25.1.